The predicted octanol–water partition coefficient (Wildman–Crippen LogP) is 1.07. The molecule has 0 aromatic heterocycles. The molecule has 0 spiro atoms. The van der Waals surface area contributed by atoms with Gasteiger partial charge in [-0.25, -0.2) is 9.59 Å². The molecular weight excluding hydrogens is 316 g/mol. The van der Waals surface area contributed by atoms with Crippen LogP contribution in [0.3, 0.4) is 0 Å². The molecule has 0 aliphatic rings. The highest BCUT2D eigenvalue weighted by molar-refractivity contribution is 5.90. The minimum absolute atomic E-state index is 0.224. The molecule has 23 heavy (non-hydrogen) atoms. The number of aliphatic carboxylic acids is 1. The van der Waals surface area contributed by atoms with Gasteiger partial charge in [0, 0.05) is 18.2 Å². The number of rotatable bonds is 8. The molecule has 0 atom stereocenters. The molecule has 1 rings (SSSR count). The molecule has 0 heterocycles. The standard InChI is InChI=1S/C12H10N2O9/c15-11(16)3-4-12(17)23-6-5-22-10-2-1-8(13(18)19)7-9(10)14(20)21/h1-4,7H,5-6H2,(H,15,16)/b4-3+. The Hall–Kier alpha value is -3.50. The largest absolute Gasteiger partial charge is 0.483 e. The quantitative estimate of drug-likeness (QED) is 0.242. The molecule has 0 bridgehead atoms. The minimum atomic E-state index is -1.32. The molecule has 1 aromatic carbocycles. The second-order valence-corrected chi connectivity index (χ2v) is 3.85. The normalized spacial score (nSPS) is 10.3. The van der Waals surface area contributed by atoms with Crippen LogP contribution in [-0.4, -0.2) is 40.1 Å². The molecule has 0 aliphatic heterocycles. The van der Waals surface area contributed by atoms with Crippen LogP contribution in [0.5, 0.6) is 5.75 Å². The number of hydrogen-bond acceptors (Lipinski definition) is 8. The van der Waals surface area contributed by atoms with Crippen molar-refractivity contribution in [3.8, 4) is 5.75 Å². The van der Waals surface area contributed by atoms with Crippen LogP contribution >= 0.6 is 0 Å². The van der Waals surface area contributed by atoms with Crippen molar-refractivity contribution < 1.29 is 34.0 Å². The van der Waals surface area contributed by atoms with E-state index in [4.69, 9.17) is 9.84 Å². The highest BCUT2D eigenvalue weighted by atomic mass is 16.6. The van der Waals surface area contributed by atoms with Gasteiger partial charge in [-0.05, 0) is 6.07 Å². The second kappa shape index (κ2) is 8.07. The molecule has 122 valence electrons. The zero-order chi connectivity index (χ0) is 17.4. The molecule has 0 fully saturated rings. The Morgan fingerprint density at radius 2 is 1.83 bits per heavy atom. The van der Waals surface area contributed by atoms with Gasteiger partial charge in [-0.1, -0.05) is 0 Å². The summed E-state index contributed by atoms with van der Waals surface area (Å²) >= 11 is 0. The van der Waals surface area contributed by atoms with Gasteiger partial charge in [0.1, 0.15) is 13.2 Å². The molecule has 0 unspecified atom stereocenters. The van der Waals surface area contributed by atoms with Gasteiger partial charge in [0.2, 0.25) is 0 Å². The van der Waals surface area contributed by atoms with Crippen molar-refractivity contribution in [3.63, 3.8) is 0 Å². The average Bonchev–Trinajstić information content (AvgIpc) is 2.49. The molecule has 1 N–H and O–H groups in total. The monoisotopic (exact) mass is 326 g/mol. The summed E-state index contributed by atoms with van der Waals surface area (Å²) in [5.41, 5.74) is -1.06. The summed E-state index contributed by atoms with van der Waals surface area (Å²) in [4.78, 5) is 41.0. The van der Waals surface area contributed by atoms with E-state index >= 15 is 0 Å². The van der Waals surface area contributed by atoms with Gasteiger partial charge in [0.05, 0.1) is 15.9 Å². The maximum absolute atomic E-state index is 11.0. The highest BCUT2D eigenvalue weighted by Gasteiger charge is 2.20. The third-order valence-corrected chi connectivity index (χ3v) is 2.30. The van der Waals surface area contributed by atoms with Crippen molar-refractivity contribution >= 4 is 23.3 Å². The van der Waals surface area contributed by atoms with Crippen LogP contribution < -0.4 is 4.74 Å². The third kappa shape index (κ3) is 5.79. The van der Waals surface area contributed by atoms with Gasteiger partial charge in [-0.15, -0.1) is 0 Å². The van der Waals surface area contributed by atoms with E-state index in [1.165, 1.54) is 0 Å². The molecule has 11 heteroatoms. The Morgan fingerprint density at radius 1 is 1.13 bits per heavy atom. The van der Waals surface area contributed by atoms with Crippen LogP contribution in [0.1, 0.15) is 0 Å². The van der Waals surface area contributed by atoms with Crippen molar-refractivity contribution in [2.45, 2.75) is 0 Å². The molecule has 0 radical (unpaired) electrons. The van der Waals surface area contributed by atoms with E-state index in [-0.39, 0.29) is 19.0 Å². The van der Waals surface area contributed by atoms with Crippen LogP contribution in [0, 0.1) is 20.2 Å². The molecule has 1 aromatic rings. The van der Waals surface area contributed by atoms with Crippen LogP contribution in [0.25, 0.3) is 0 Å². The second-order valence-electron chi connectivity index (χ2n) is 3.85. The van der Waals surface area contributed by atoms with E-state index in [0.29, 0.717) is 12.2 Å². The fourth-order valence-corrected chi connectivity index (χ4v) is 1.37. The summed E-state index contributed by atoms with van der Waals surface area (Å²) in [5.74, 6) is -2.47. The van der Waals surface area contributed by atoms with Gasteiger partial charge in [-0.2, -0.15) is 0 Å². The lowest BCUT2D eigenvalue weighted by atomic mass is 10.2. The van der Waals surface area contributed by atoms with Gasteiger partial charge in [0.25, 0.3) is 5.69 Å². The maximum Gasteiger partial charge on any atom is 0.331 e. The first kappa shape index (κ1) is 17.6. The zero-order valence-electron chi connectivity index (χ0n) is 11.4. The van der Waals surface area contributed by atoms with E-state index in [2.05, 4.69) is 4.74 Å². The lowest BCUT2D eigenvalue weighted by Gasteiger charge is -2.06. The van der Waals surface area contributed by atoms with E-state index in [1.54, 1.807) is 0 Å². The van der Waals surface area contributed by atoms with E-state index in [1.807, 2.05) is 0 Å². The fourth-order valence-electron chi connectivity index (χ4n) is 1.37. The first-order valence-corrected chi connectivity index (χ1v) is 5.94. The number of carboxylic acid groups (broad SMARTS) is 1. The average molecular weight is 326 g/mol. The topological polar surface area (TPSA) is 159 Å². The number of nitrogens with zero attached hydrogens (tertiary/aromatic N) is 2. The number of nitro groups is 2. The summed E-state index contributed by atoms with van der Waals surface area (Å²) in [5, 5.41) is 29.7. The highest BCUT2D eigenvalue weighted by Crippen LogP contribution is 2.30. The number of hydrogen-bond donors (Lipinski definition) is 1. The first-order valence-electron chi connectivity index (χ1n) is 5.94. The van der Waals surface area contributed by atoms with Crippen LogP contribution in [0.2, 0.25) is 0 Å². The Labute approximate surface area is 128 Å². The molecule has 11 nitrogen and oxygen atoms in total. The number of non-ortho nitro benzene ring substituents is 1. The summed E-state index contributed by atoms with van der Waals surface area (Å²) < 4.78 is 9.61. The number of nitro benzene ring substituents is 2. The molecular formula is C12H10N2O9. The summed E-state index contributed by atoms with van der Waals surface area (Å²) in [6.07, 6.45) is 1.28. The number of carboxylic acids is 1. The van der Waals surface area contributed by atoms with Crippen LogP contribution in [0.15, 0.2) is 30.4 Å². The lowest BCUT2D eigenvalue weighted by molar-refractivity contribution is -0.394. The van der Waals surface area contributed by atoms with E-state index < -0.39 is 33.2 Å². The van der Waals surface area contributed by atoms with Gasteiger partial charge < -0.3 is 14.6 Å². The van der Waals surface area contributed by atoms with Crippen molar-refractivity contribution in [1.82, 2.24) is 0 Å². The van der Waals surface area contributed by atoms with Crippen LogP contribution in [0.4, 0.5) is 11.4 Å². The Kier molecular flexibility index (Phi) is 6.16. The minimum Gasteiger partial charge on any atom is -0.483 e. The third-order valence-electron chi connectivity index (χ3n) is 2.30. The van der Waals surface area contributed by atoms with Crippen molar-refractivity contribution in [2.24, 2.45) is 0 Å². The maximum atomic E-state index is 11.0. The number of carbonyl (C=O) groups excluding carboxylic acids is 1. The van der Waals surface area contributed by atoms with Gasteiger partial charge >= 0.3 is 17.6 Å². The Morgan fingerprint density at radius 3 is 2.39 bits per heavy atom. The Bertz CT molecular complexity index is 668. The van der Waals surface area contributed by atoms with Crippen LogP contribution in [-0.2, 0) is 14.3 Å². The number of esters is 1. The predicted molar refractivity (Wildman–Crippen MR) is 73.0 cm³/mol. The SMILES string of the molecule is O=C(O)/C=C/C(=O)OCCOc1ccc([N+](=O)[O-])cc1[N+](=O)[O-]. The lowest BCUT2D eigenvalue weighted by Crippen LogP contribution is -2.11. The molecule has 0 saturated heterocycles. The zero-order valence-corrected chi connectivity index (χ0v) is 11.4. The fraction of sp³-hybridized carbons (Fsp3) is 0.167. The number of carbonyl (C=O) groups is 2. The van der Waals surface area contributed by atoms with E-state index in [9.17, 15) is 29.8 Å². The molecule has 0 amide bonds. The first-order chi connectivity index (χ1) is 10.8. The van der Waals surface area contributed by atoms with Gasteiger partial charge in [0.15, 0.2) is 5.75 Å². The number of ether oxygens (including phenoxy) is 2. The van der Waals surface area contributed by atoms with Crippen molar-refractivity contribution in [3.05, 3.63) is 50.6 Å². The Balaban J connectivity index is 2.61. The number of benzene rings is 1. The molecule has 0 aliphatic carbocycles. The summed E-state index contributed by atoms with van der Waals surface area (Å²) in [6, 6.07) is 2.84. The molecule has 0 saturated carbocycles. The van der Waals surface area contributed by atoms with Gasteiger partial charge in [-0.3, -0.25) is 20.2 Å². The smallest absolute Gasteiger partial charge is 0.331 e. The summed E-state index contributed by atoms with van der Waals surface area (Å²) in [6.45, 7) is -0.553. The summed E-state index contributed by atoms with van der Waals surface area (Å²) in [7, 11) is 0. The van der Waals surface area contributed by atoms with E-state index in [0.717, 1.165) is 18.2 Å². The van der Waals surface area contributed by atoms with Crippen molar-refractivity contribution in [2.75, 3.05) is 13.2 Å². The van der Waals surface area contributed by atoms with Crippen molar-refractivity contribution in [1.29, 1.82) is 0 Å².